The van der Waals surface area contributed by atoms with Gasteiger partial charge in [-0.15, -0.1) is 15.3 Å². The molecule has 10 heteroatoms. The van der Waals surface area contributed by atoms with Crippen LogP contribution in [0.1, 0.15) is 50.2 Å². The van der Waals surface area contributed by atoms with Gasteiger partial charge in [-0.05, 0) is 74.6 Å². The molecule has 0 N–H and O–H groups in total. The average molecular weight is 453 g/mol. The first-order valence-electron chi connectivity index (χ1n) is 12.0. The van der Waals surface area contributed by atoms with Gasteiger partial charge in [0.25, 0.3) is 0 Å². The summed E-state index contributed by atoms with van der Waals surface area (Å²) < 4.78 is 3.69. The molecular formula is C24H24N10. The Morgan fingerprint density at radius 1 is 0.971 bits per heavy atom. The maximum absolute atomic E-state index is 5.16. The van der Waals surface area contributed by atoms with Gasteiger partial charge in [-0.2, -0.15) is 9.90 Å². The SMILES string of the molecule is Cc1nnn(C23C[C@@H]4C[C@@H](CC(c5nc6c7cnn(-c8ccccc8)c7ncn6n5)(C4)C2)C3)n1. The largest absolute Gasteiger partial charge is 0.216 e. The zero-order valence-electron chi connectivity index (χ0n) is 18.9. The number of tetrazole rings is 1. The second-order valence-corrected chi connectivity index (χ2v) is 10.7. The number of nitrogens with zero attached hydrogens (tertiary/aromatic N) is 10. The number of rotatable bonds is 3. The Labute approximate surface area is 195 Å². The molecule has 34 heavy (non-hydrogen) atoms. The van der Waals surface area contributed by atoms with E-state index in [1.54, 1.807) is 6.33 Å². The van der Waals surface area contributed by atoms with E-state index in [0.29, 0.717) is 11.8 Å². The number of aromatic nitrogens is 10. The highest BCUT2D eigenvalue weighted by Crippen LogP contribution is 2.64. The summed E-state index contributed by atoms with van der Waals surface area (Å²) in [6, 6.07) is 10.1. The standard InChI is InChI=1S/C24H24N10/c1-15-28-31-34(29-15)24-10-16-7-17(11-24)9-23(8-16,13-24)22-27-21-19-12-26-33(18-5-3-2-4-6-18)20(19)25-14-32(21)30-22/h2-6,12,14,16-17H,7-11,13H2,1H3/t16-,17+,23?,24?. The molecule has 2 unspecified atom stereocenters. The predicted molar refractivity (Wildman–Crippen MR) is 122 cm³/mol. The highest BCUT2D eigenvalue weighted by atomic mass is 15.6. The summed E-state index contributed by atoms with van der Waals surface area (Å²) >= 11 is 0. The number of hydrogen-bond acceptors (Lipinski definition) is 7. The van der Waals surface area contributed by atoms with Gasteiger partial charge in [-0.25, -0.2) is 19.2 Å². The third-order valence-electron chi connectivity index (χ3n) is 8.35. The van der Waals surface area contributed by atoms with Gasteiger partial charge in [-0.3, -0.25) is 0 Å². The van der Waals surface area contributed by atoms with Crippen LogP contribution in [0.25, 0.3) is 22.4 Å². The third-order valence-corrected chi connectivity index (χ3v) is 8.35. The molecule has 0 saturated heterocycles. The van der Waals surface area contributed by atoms with Gasteiger partial charge in [-0.1, -0.05) is 18.2 Å². The van der Waals surface area contributed by atoms with Crippen molar-refractivity contribution in [2.24, 2.45) is 11.8 Å². The fourth-order valence-electron chi connectivity index (χ4n) is 7.50. The summed E-state index contributed by atoms with van der Waals surface area (Å²) in [4.78, 5) is 11.8. The summed E-state index contributed by atoms with van der Waals surface area (Å²) in [6.07, 6.45) is 10.4. The molecule has 4 aliphatic rings. The van der Waals surface area contributed by atoms with Gasteiger partial charge >= 0.3 is 0 Å². The zero-order valence-corrected chi connectivity index (χ0v) is 18.9. The molecule has 170 valence electrons. The van der Waals surface area contributed by atoms with Crippen LogP contribution in [0, 0.1) is 18.8 Å². The van der Waals surface area contributed by atoms with Crippen molar-refractivity contribution in [3.63, 3.8) is 0 Å². The summed E-state index contributed by atoms with van der Waals surface area (Å²) in [5, 5.41) is 23.9. The Morgan fingerprint density at radius 2 is 1.79 bits per heavy atom. The molecular weight excluding hydrogens is 428 g/mol. The van der Waals surface area contributed by atoms with Gasteiger partial charge in [0, 0.05) is 5.41 Å². The maximum atomic E-state index is 5.16. The van der Waals surface area contributed by atoms with Gasteiger partial charge < -0.3 is 0 Å². The smallest absolute Gasteiger partial charge is 0.171 e. The molecule has 4 bridgehead atoms. The molecule has 4 heterocycles. The lowest BCUT2D eigenvalue weighted by Crippen LogP contribution is -2.59. The second-order valence-electron chi connectivity index (χ2n) is 10.7. The minimum Gasteiger partial charge on any atom is -0.216 e. The molecule has 9 rings (SSSR count). The normalized spacial score (nSPS) is 30.0. The van der Waals surface area contributed by atoms with Crippen molar-refractivity contribution in [2.45, 2.75) is 56.4 Å². The number of benzene rings is 1. The van der Waals surface area contributed by atoms with Crippen LogP contribution in [-0.4, -0.2) is 49.6 Å². The van der Waals surface area contributed by atoms with Crippen LogP contribution in [0.4, 0.5) is 0 Å². The molecule has 0 aliphatic heterocycles. The van der Waals surface area contributed by atoms with Crippen molar-refractivity contribution < 1.29 is 0 Å². The van der Waals surface area contributed by atoms with E-state index in [0.717, 1.165) is 66.1 Å². The molecule has 4 atom stereocenters. The Morgan fingerprint density at radius 3 is 2.56 bits per heavy atom. The topological polar surface area (TPSA) is 104 Å². The molecule has 0 amide bonds. The first-order valence-corrected chi connectivity index (χ1v) is 12.0. The van der Waals surface area contributed by atoms with Crippen molar-refractivity contribution in [1.82, 2.24) is 49.6 Å². The Bertz CT molecular complexity index is 1550. The minimum absolute atomic E-state index is 0.0562. The fourth-order valence-corrected chi connectivity index (χ4v) is 7.50. The lowest BCUT2D eigenvalue weighted by molar-refractivity contribution is -0.0785. The van der Waals surface area contributed by atoms with Crippen LogP contribution in [0.3, 0.4) is 0 Å². The predicted octanol–water partition coefficient (Wildman–Crippen LogP) is 3.01. The lowest BCUT2D eigenvalue weighted by atomic mass is 9.46. The summed E-state index contributed by atoms with van der Waals surface area (Å²) in [5.41, 5.74) is 2.46. The monoisotopic (exact) mass is 452 g/mol. The number of hydrogen-bond donors (Lipinski definition) is 0. The molecule has 0 spiro atoms. The van der Waals surface area contributed by atoms with E-state index in [-0.39, 0.29) is 11.0 Å². The molecule has 4 fully saturated rings. The quantitative estimate of drug-likeness (QED) is 0.414. The molecule has 4 aromatic heterocycles. The minimum atomic E-state index is -0.0748. The van der Waals surface area contributed by atoms with Crippen molar-refractivity contribution >= 4 is 16.7 Å². The van der Waals surface area contributed by atoms with Crippen molar-refractivity contribution in [3.05, 3.63) is 54.5 Å². The maximum Gasteiger partial charge on any atom is 0.171 e. The number of fused-ring (bicyclic) bond motifs is 3. The van der Waals surface area contributed by atoms with Crippen molar-refractivity contribution in [1.29, 1.82) is 0 Å². The van der Waals surface area contributed by atoms with Crippen LogP contribution in [0.5, 0.6) is 0 Å². The van der Waals surface area contributed by atoms with E-state index >= 15 is 0 Å². The van der Waals surface area contributed by atoms with E-state index in [1.165, 1.54) is 6.42 Å². The average Bonchev–Trinajstić information content (AvgIpc) is 3.56. The van der Waals surface area contributed by atoms with Crippen LogP contribution in [-0.2, 0) is 11.0 Å². The molecule has 4 aliphatic carbocycles. The highest BCUT2D eigenvalue weighted by molar-refractivity contribution is 5.89. The molecule has 1 aromatic carbocycles. The summed E-state index contributed by atoms with van der Waals surface area (Å²) in [5.74, 6) is 2.97. The van der Waals surface area contributed by atoms with Gasteiger partial charge in [0.1, 0.15) is 6.33 Å². The van der Waals surface area contributed by atoms with E-state index < -0.39 is 0 Å². The van der Waals surface area contributed by atoms with Crippen molar-refractivity contribution in [2.75, 3.05) is 0 Å². The van der Waals surface area contributed by atoms with Gasteiger partial charge in [0.05, 0.1) is 22.8 Å². The van der Waals surface area contributed by atoms with Crippen LogP contribution in [0.2, 0.25) is 0 Å². The Kier molecular flexibility index (Phi) is 3.44. The molecule has 5 aromatic rings. The number of aryl methyl sites for hydroxylation is 1. The molecule has 0 radical (unpaired) electrons. The van der Waals surface area contributed by atoms with Crippen LogP contribution >= 0.6 is 0 Å². The summed E-state index contributed by atoms with van der Waals surface area (Å²) in [7, 11) is 0. The number of para-hydroxylation sites is 1. The van der Waals surface area contributed by atoms with E-state index in [9.17, 15) is 0 Å². The first-order chi connectivity index (χ1) is 16.6. The third kappa shape index (κ3) is 2.43. The van der Waals surface area contributed by atoms with E-state index in [2.05, 4.69) is 20.5 Å². The highest BCUT2D eigenvalue weighted by Gasteiger charge is 2.61. The van der Waals surface area contributed by atoms with E-state index in [4.69, 9.17) is 15.1 Å². The lowest BCUT2D eigenvalue weighted by Gasteiger charge is -2.60. The van der Waals surface area contributed by atoms with E-state index in [1.807, 2.05) is 57.4 Å². The molecule has 10 nitrogen and oxygen atoms in total. The summed E-state index contributed by atoms with van der Waals surface area (Å²) in [6.45, 7) is 1.91. The van der Waals surface area contributed by atoms with Crippen LogP contribution < -0.4 is 0 Å². The van der Waals surface area contributed by atoms with Crippen LogP contribution in [0.15, 0.2) is 42.9 Å². The zero-order chi connectivity index (χ0) is 22.5. The molecule has 4 saturated carbocycles. The second kappa shape index (κ2) is 6.25. The first kappa shape index (κ1) is 18.7. The van der Waals surface area contributed by atoms with Gasteiger partial charge in [0.15, 0.2) is 22.9 Å². The van der Waals surface area contributed by atoms with Crippen molar-refractivity contribution in [3.8, 4) is 5.69 Å². The Balaban J connectivity index is 1.26. The Hall–Kier alpha value is -3.69. The fraction of sp³-hybridized carbons (Fsp3) is 0.458. The van der Waals surface area contributed by atoms with Gasteiger partial charge in [0.2, 0.25) is 0 Å².